The van der Waals surface area contributed by atoms with Crippen LogP contribution < -0.4 is 0 Å². The van der Waals surface area contributed by atoms with Gasteiger partial charge in [0.25, 0.3) is 5.91 Å². The van der Waals surface area contributed by atoms with Gasteiger partial charge in [0.05, 0.1) is 19.1 Å². The fourth-order valence-electron chi connectivity index (χ4n) is 0.669. The van der Waals surface area contributed by atoms with E-state index in [-0.39, 0.29) is 11.8 Å². The monoisotopic (exact) mass is 177 g/mol. The SMILES string of the molecule is CS(C)(=O)=NC(=O)C1COC1. The summed E-state index contributed by atoms with van der Waals surface area (Å²) in [7, 11) is -2.27. The lowest BCUT2D eigenvalue weighted by Crippen LogP contribution is -2.34. The molecule has 1 amide bonds. The van der Waals surface area contributed by atoms with E-state index in [1.807, 2.05) is 0 Å². The van der Waals surface area contributed by atoms with Crippen molar-refractivity contribution in [3.8, 4) is 0 Å². The summed E-state index contributed by atoms with van der Waals surface area (Å²) in [5.41, 5.74) is 0. The second kappa shape index (κ2) is 2.91. The van der Waals surface area contributed by atoms with Crippen LogP contribution in [0, 0.1) is 5.92 Å². The summed E-state index contributed by atoms with van der Waals surface area (Å²) in [5, 5.41) is 0. The standard InChI is InChI=1S/C6H11NO3S/c1-11(2,9)7-6(8)5-3-10-4-5/h5H,3-4H2,1-2H3. The van der Waals surface area contributed by atoms with Gasteiger partial charge in [0.1, 0.15) is 0 Å². The first-order chi connectivity index (χ1) is 4.99. The number of nitrogens with zero attached hydrogens (tertiary/aromatic N) is 1. The maximum absolute atomic E-state index is 11.0. The molecule has 5 heteroatoms. The molecule has 1 aliphatic heterocycles. The molecular weight excluding hydrogens is 166 g/mol. The van der Waals surface area contributed by atoms with E-state index in [9.17, 15) is 9.00 Å². The number of amides is 1. The molecule has 0 bridgehead atoms. The molecule has 0 unspecified atom stereocenters. The lowest BCUT2D eigenvalue weighted by Gasteiger charge is -2.22. The smallest absolute Gasteiger partial charge is 0.261 e. The Morgan fingerprint density at radius 1 is 1.55 bits per heavy atom. The number of ether oxygens (including phenoxy) is 1. The van der Waals surface area contributed by atoms with Crippen molar-refractivity contribution < 1.29 is 13.7 Å². The summed E-state index contributed by atoms with van der Waals surface area (Å²) in [5.74, 6) is -0.429. The molecule has 0 aromatic heterocycles. The minimum Gasteiger partial charge on any atom is -0.380 e. The molecule has 11 heavy (non-hydrogen) atoms. The zero-order valence-corrected chi connectivity index (χ0v) is 7.39. The molecule has 1 saturated heterocycles. The normalized spacial score (nSPS) is 19.1. The molecule has 0 saturated carbocycles. The van der Waals surface area contributed by atoms with Crippen LogP contribution >= 0.6 is 0 Å². The molecule has 0 aromatic carbocycles. The van der Waals surface area contributed by atoms with Crippen molar-refractivity contribution in [2.45, 2.75) is 0 Å². The molecule has 0 spiro atoms. The van der Waals surface area contributed by atoms with E-state index < -0.39 is 9.73 Å². The molecule has 4 nitrogen and oxygen atoms in total. The highest BCUT2D eigenvalue weighted by atomic mass is 32.2. The van der Waals surface area contributed by atoms with Crippen LogP contribution in [0.2, 0.25) is 0 Å². The average Bonchev–Trinajstić information content (AvgIpc) is 1.50. The Hall–Kier alpha value is -0.420. The largest absolute Gasteiger partial charge is 0.380 e. The van der Waals surface area contributed by atoms with E-state index in [0.29, 0.717) is 13.2 Å². The van der Waals surface area contributed by atoms with Gasteiger partial charge in [0.2, 0.25) is 0 Å². The van der Waals surface area contributed by atoms with Gasteiger partial charge in [-0.1, -0.05) is 0 Å². The Kier molecular flexibility index (Phi) is 2.29. The van der Waals surface area contributed by atoms with Crippen LogP contribution in [0.4, 0.5) is 0 Å². The predicted octanol–water partition coefficient (Wildman–Crippen LogP) is -0.113. The Bertz CT molecular complexity index is 266. The van der Waals surface area contributed by atoms with Crippen molar-refractivity contribution in [3.05, 3.63) is 0 Å². The van der Waals surface area contributed by atoms with Crippen LogP contribution in [0.1, 0.15) is 0 Å². The van der Waals surface area contributed by atoms with E-state index in [4.69, 9.17) is 4.74 Å². The maximum atomic E-state index is 11.0. The van der Waals surface area contributed by atoms with Crippen LogP contribution in [0.15, 0.2) is 4.36 Å². The van der Waals surface area contributed by atoms with Gasteiger partial charge < -0.3 is 4.74 Å². The topological polar surface area (TPSA) is 55.7 Å². The third-order valence-electron chi connectivity index (χ3n) is 1.30. The first kappa shape index (κ1) is 8.67. The summed E-state index contributed by atoms with van der Waals surface area (Å²) >= 11 is 0. The molecule has 0 aliphatic carbocycles. The Morgan fingerprint density at radius 2 is 2.09 bits per heavy atom. The number of carbonyl (C=O) groups excluding carboxylic acids is 1. The minimum atomic E-state index is -2.27. The van der Waals surface area contributed by atoms with Gasteiger partial charge in [-0.05, 0) is 0 Å². The zero-order valence-electron chi connectivity index (χ0n) is 6.57. The van der Waals surface area contributed by atoms with Crippen molar-refractivity contribution in [1.29, 1.82) is 0 Å². The quantitative estimate of drug-likeness (QED) is 0.561. The fourth-order valence-corrected chi connectivity index (χ4v) is 1.25. The molecule has 0 atom stereocenters. The van der Waals surface area contributed by atoms with Crippen LogP contribution in [0.3, 0.4) is 0 Å². The van der Waals surface area contributed by atoms with Crippen LogP contribution in [0.25, 0.3) is 0 Å². The lowest BCUT2D eigenvalue weighted by molar-refractivity contribution is -0.134. The van der Waals surface area contributed by atoms with E-state index in [1.54, 1.807) is 0 Å². The van der Waals surface area contributed by atoms with Gasteiger partial charge in [-0.25, -0.2) is 4.21 Å². The number of carbonyl (C=O) groups is 1. The van der Waals surface area contributed by atoms with E-state index in [1.165, 1.54) is 12.5 Å². The third kappa shape index (κ3) is 2.59. The van der Waals surface area contributed by atoms with Gasteiger partial charge in [-0.2, -0.15) is 4.36 Å². The predicted molar refractivity (Wildman–Crippen MR) is 41.7 cm³/mol. The van der Waals surface area contributed by atoms with Gasteiger partial charge in [0, 0.05) is 22.2 Å². The van der Waals surface area contributed by atoms with E-state index in [2.05, 4.69) is 4.36 Å². The van der Waals surface area contributed by atoms with E-state index >= 15 is 0 Å². The minimum absolute atomic E-state index is 0.143. The van der Waals surface area contributed by atoms with Gasteiger partial charge in [0.15, 0.2) is 0 Å². The number of rotatable bonds is 1. The summed E-state index contributed by atoms with van der Waals surface area (Å²) in [6, 6.07) is 0. The molecule has 1 fully saturated rings. The molecule has 1 aliphatic rings. The molecular formula is C6H11NO3S. The lowest BCUT2D eigenvalue weighted by atomic mass is 10.1. The Morgan fingerprint density at radius 3 is 2.36 bits per heavy atom. The first-order valence-corrected chi connectivity index (χ1v) is 5.61. The highest BCUT2D eigenvalue weighted by Crippen LogP contribution is 2.11. The van der Waals surface area contributed by atoms with Gasteiger partial charge in [-0.3, -0.25) is 4.79 Å². The Balaban J connectivity index is 2.63. The molecule has 0 radical (unpaired) electrons. The Labute approximate surface area is 66.1 Å². The molecule has 0 N–H and O–H groups in total. The second-order valence-electron chi connectivity index (χ2n) is 2.85. The van der Waals surface area contributed by atoms with Crippen molar-refractivity contribution >= 4 is 15.6 Å². The van der Waals surface area contributed by atoms with Crippen molar-refractivity contribution in [2.24, 2.45) is 10.3 Å². The summed E-state index contributed by atoms with van der Waals surface area (Å²) in [6.45, 7) is 0.857. The second-order valence-corrected chi connectivity index (χ2v) is 5.39. The first-order valence-electron chi connectivity index (χ1n) is 3.28. The van der Waals surface area contributed by atoms with Crippen molar-refractivity contribution in [2.75, 3.05) is 25.7 Å². The molecule has 1 rings (SSSR count). The summed E-state index contributed by atoms with van der Waals surface area (Å²) in [4.78, 5) is 11.0. The summed E-state index contributed by atoms with van der Waals surface area (Å²) in [6.07, 6.45) is 2.90. The average molecular weight is 177 g/mol. The van der Waals surface area contributed by atoms with Gasteiger partial charge in [-0.15, -0.1) is 0 Å². The number of hydrogen-bond donors (Lipinski definition) is 0. The van der Waals surface area contributed by atoms with Crippen LogP contribution in [-0.2, 0) is 19.3 Å². The van der Waals surface area contributed by atoms with Crippen LogP contribution in [0.5, 0.6) is 0 Å². The van der Waals surface area contributed by atoms with Crippen molar-refractivity contribution in [1.82, 2.24) is 0 Å². The molecule has 64 valence electrons. The molecule has 1 heterocycles. The van der Waals surface area contributed by atoms with E-state index in [0.717, 1.165) is 0 Å². The zero-order chi connectivity index (χ0) is 8.48. The highest BCUT2D eigenvalue weighted by Gasteiger charge is 2.26. The number of hydrogen-bond acceptors (Lipinski definition) is 3. The fraction of sp³-hybridized carbons (Fsp3) is 0.833. The highest BCUT2D eigenvalue weighted by molar-refractivity contribution is 7.92. The third-order valence-corrected chi connectivity index (χ3v) is 1.92. The maximum Gasteiger partial charge on any atom is 0.261 e. The van der Waals surface area contributed by atoms with Crippen molar-refractivity contribution in [3.63, 3.8) is 0 Å². The van der Waals surface area contributed by atoms with Gasteiger partial charge >= 0.3 is 0 Å². The molecule has 0 aromatic rings. The van der Waals surface area contributed by atoms with Crippen LogP contribution in [-0.4, -0.2) is 35.8 Å². The summed E-state index contributed by atoms with van der Waals surface area (Å²) < 4.78 is 19.4.